The fraction of sp³-hybridized carbons (Fsp3) is 0.370. The average Bonchev–Trinajstić information content (AvgIpc) is 3.30. The van der Waals surface area contributed by atoms with E-state index in [1.165, 1.54) is 7.11 Å². The molecule has 38 heavy (non-hydrogen) atoms. The number of imidazole rings is 1. The summed E-state index contributed by atoms with van der Waals surface area (Å²) in [4.78, 5) is 56.9. The zero-order valence-electron chi connectivity index (χ0n) is 21.8. The van der Waals surface area contributed by atoms with Crippen LogP contribution < -0.4 is 10.6 Å². The van der Waals surface area contributed by atoms with Gasteiger partial charge in [0.25, 0.3) is 5.91 Å². The molecule has 2 amide bonds. The summed E-state index contributed by atoms with van der Waals surface area (Å²) in [7, 11) is 1.32. The van der Waals surface area contributed by atoms with E-state index in [2.05, 4.69) is 25.3 Å². The number of nitrogens with one attached hydrogen (secondary N) is 3. The van der Waals surface area contributed by atoms with Crippen molar-refractivity contribution in [3.63, 3.8) is 0 Å². The number of nitrogens with zero attached hydrogens (tertiary/aromatic N) is 1. The van der Waals surface area contributed by atoms with E-state index in [-0.39, 0.29) is 25.5 Å². The Morgan fingerprint density at radius 1 is 1.05 bits per heavy atom. The van der Waals surface area contributed by atoms with Gasteiger partial charge in [0.05, 0.1) is 24.6 Å². The minimum absolute atomic E-state index is 0.0192. The second-order valence-electron chi connectivity index (χ2n) is 9.49. The predicted octanol–water partition coefficient (Wildman–Crippen LogP) is 3.04. The number of carbonyl (C=O) groups excluding carboxylic acids is 4. The summed E-state index contributed by atoms with van der Waals surface area (Å²) in [5.41, 5.74) is 1.54. The van der Waals surface area contributed by atoms with E-state index in [0.29, 0.717) is 28.8 Å². The molecular weight excluding hydrogens is 492 g/mol. The highest BCUT2D eigenvalue weighted by molar-refractivity contribution is 5.97. The van der Waals surface area contributed by atoms with Gasteiger partial charge in [0.2, 0.25) is 0 Å². The molecule has 0 bridgehead atoms. The molecule has 2 aromatic carbocycles. The van der Waals surface area contributed by atoms with Gasteiger partial charge in [-0.2, -0.15) is 0 Å². The fourth-order valence-electron chi connectivity index (χ4n) is 3.41. The summed E-state index contributed by atoms with van der Waals surface area (Å²) in [5.74, 6) is -0.944. The van der Waals surface area contributed by atoms with Crippen LogP contribution in [-0.4, -0.2) is 59.2 Å². The molecule has 3 aromatic rings. The Labute approximate surface area is 220 Å². The molecule has 0 saturated heterocycles. The van der Waals surface area contributed by atoms with Gasteiger partial charge in [-0.15, -0.1) is 0 Å². The number of esters is 2. The van der Waals surface area contributed by atoms with E-state index in [0.717, 1.165) is 5.56 Å². The van der Waals surface area contributed by atoms with Crippen LogP contribution in [0.2, 0.25) is 0 Å². The molecule has 0 aliphatic rings. The standard InChI is InChI=1S/C27H32N4O7/c1-27(2,3)38-25(34)21(31-26(35)37-16-17-8-6-5-7-9-17)15-28-24(33)18-10-11-19-20(14-18)30-22(29-19)12-13-23(32)36-4/h5-11,14,21H,12-13,15-16H2,1-4H3,(H,28,33)(H,29,30)(H,31,35). The van der Waals surface area contributed by atoms with Crippen molar-refractivity contribution in [3.05, 3.63) is 65.5 Å². The molecule has 0 aliphatic carbocycles. The quantitative estimate of drug-likeness (QED) is 0.271. The number of aromatic nitrogens is 2. The number of ether oxygens (including phenoxy) is 3. The summed E-state index contributed by atoms with van der Waals surface area (Å²) in [6.45, 7) is 4.90. The van der Waals surface area contributed by atoms with Crippen LogP contribution in [0.3, 0.4) is 0 Å². The molecule has 1 atom stereocenters. The van der Waals surface area contributed by atoms with Crippen molar-refractivity contribution in [2.24, 2.45) is 0 Å². The second-order valence-corrected chi connectivity index (χ2v) is 9.49. The molecule has 11 nitrogen and oxygen atoms in total. The van der Waals surface area contributed by atoms with Crippen LogP contribution in [0.15, 0.2) is 48.5 Å². The largest absolute Gasteiger partial charge is 0.469 e. The number of fused-ring (bicyclic) bond motifs is 1. The van der Waals surface area contributed by atoms with Gasteiger partial charge in [-0.25, -0.2) is 14.6 Å². The van der Waals surface area contributed by atoms with Crippen LogP contribution in [0.1, 0.15) is 48.9 Å². The molecule has 0 radical (unpaired) electrons. The lowest BCUT2D eigenvalue weighted by Gasteiger charge is -2.24. The number of H-pyrrole nitrogens is 1. The van der Waals surface area contributed by atoms with Crippen molar-refractivity contribution in [2.45, 2.75) is 51.9 Å². The SMILES string of the molecule is COC(=O)CCc1nc2cc(C(=O)NCC(NC(=O)OCc3ccccc3)C(=O)OC(C)(C)C)ccc2[nH]1. The summed E-state index contributed by atoms with van der Waals surface area (Å²) in [5, 5.41) is 5.13. The Morgan fingerprint density at radius 3 is 2.47 bits per heavy atom. The highest BCUT2D eigenvalue weighted by Crippen LogP contribution is 2.15. The number of hydrogen-bond acceptors (Lipinski definition) is 8. The van der Waals surface area contributed by atoms with Crippen LogP contribution in [0, 0.1) is 0 Å². The molecule has 0 saturated carbocycles. The molecule has 3 rings (SSSR count). The van der Waals surface area contributed by atoms with Gasteiger partial charge in [0.15, 0.2) is 0 Å². The van der Waals surface area contributed by atoms with E-state index in [1.807, 2.05) is 18.2 Å². The van der Waals surface area contributed by atoms with Crippen molar-refractivity contribution >= 4 is 35.0 Å². The van der Waals surface area contributed by atoms with Gasteiger partial charge in [0.1, 0.15) is 24.1 Å². The highest BCUT2D eigenvalue weighted by Gasteiger charge is 2.28. The number of rotatable bonds is 10. The van der Waals surface area contributed by atoms with Gasteiger partial charge < -0.3 is 29.8 Å². The lowest BCUT2D eigenvalue weighted by Crippen LogP contribution is -2.50. The Bertz CT molecular complexity index is 1280. The van der Waals surface area contributed by atoms with Gasteiger partial charge in [-0.1, -0.05) is 30.3 Å². The molecule has 3 N–H and O–H groups in total. The number of alkyl carbamates (subject to hydrolysis) is 1. The van der Waals surface area contributed by atoms with Crippen LogP contribution >= 0.6 is 0 Å². The number of amides is 2. The predicted molar refractivity (Wildman–Crippen MR) is 138 cm³/mol. The molecular formula is C27H32N4O7. The Kier molecular flexibility index (Phi) is 9.42. The lowest BCUT2D eigenvalue weighted by molar-refractivity contribution is -0.157. The summed E-state index contributed by atoms with van der Waals surface area (Å²) < 4.78 is 15.3. The maximum absolute atomic E-state index is 12.9. The van der Waals surface area contributed by atoms with Crippen molar-refractivity contribution in [2.75, 3.05) is 13.7 Å². The Morgan fingerprint density at radius 2 is 1.79 bits per heavy atom. The van der Waals surface area contributed by atoms with Crippen molar-refractivity contribution < 1.29 is 33.4 Å². The van der Waals surface area contributed by atoms with Gasteiger partial charge in [-0.3, -0.25) is 9.59 Å². The third kappa shape index (κ3) is 8.61. The molecule has 1 aromatic heterocycles. The van der Waals surface area contributed by atoms with Gasteiger partial charge in [-0.05, 0) is 44.5 Å². The molecule has 1 heterocycles. The molecule has 0 aliphatic heterocycles. The van der Waals surface area contributed by atoms with Crippen molar-refractivity contribution in [1.29, 1.82) is 0 Å². The normalized spacial score (nSPS) is 11.9. The smallest absolute Gasteiger partial charge is 0.408 e. The van der Waals surface area contributed by atoms with Crippen molar-refractivity contribution in [3.8, 4) is 0 Å². The van der Waals surface area contributed by atoms with Crippen LogP contribution in [0.4, 0.5) is 4.79 Å². The first-order chi connectivity index (χ1) is 18.0. The van der Waals surface area contributed by atoms with Gasteiger partial charge in [0, 0.05) is 18.5 Å². The Hall–Kier alpha value is -4.41. The maximum atomic E-state index is 12.9. The van der Waals surface area contributed by atoms with Crippen LogP contribution in [0.25, 0.3) is 11.0 Å². The molecule has 1 unspecified atom stereocenters. The minimum Gasteiger partial charge on any atom is -0.469 e. The van der Waals surface area contributed by atoms with E-state index in [9.17, 15) is 19.2 Å². The van der Waals surface area contributed by atoms with E-state index >= 15 is 0 Å². The number of aryl methyl sites for hydroxylation is 1. The maximum Gasteiger partial charge on any atom is 0.408 e. The first-order valence-corrected chi connectivity index (χ1v) is 12.1. The van der Waals surface area contributed by atoms with E-state index in [4.69, 9.17) is 9.47 Å². The van der Waals surface area contributed by atoms with E-state index in [1.54, 1.807) is 51.1 Å². The van der Waals surface area contributed by atoms with Crippen LogP contribution in [-0.2, 0) is 36.8 Å². The Balaban J connectivity index is 1.63. The molecule has 202 valence electrons. The number of aromatic amines is 1. The first kappa shape index (κ1) is 28.2. The third-order valence-corrected chi connectivity index (χ3v) is 5.25. The van der Waals surface area contributed by atoms with Gasteiger partial charge >= 0.3 is 18.0 Å². The topological polar surface area (TPSA) is 149 Å². The minimum atomic E-state index is -1.18. The molecule has 0 spiro atoms. The number of carbonyl (C=O) groups is 4. The number of benzene rings is 2. The lowest BCUT2D eigenvalue weighted by atomic mass is 10.1. The second kappa shape index (κ2) is 12.7. The van der Waals surface area contributed by atoms with Crippen LogP contribution in [0.5, 0.6) is 0 Å². The highest BCUT2D eigenvalue weighted by atomic mass is 16.6. The zero-order chi connectivity index (χ0) is 27.7. The molecule has 0 fully saturated rings. The fourth-order valence-corrected chi connectivity index (χ4v) is 3.41. The average molecular weight is 525 g/mol. The van der Waals surface area contributed by atoms with E-state index < -0.39 is 29.6 Å². The van der Waals surface area contributed by atoms with Crippen molar-refractivity contribution in [1.82, 2.24) is 20.6 Å². The summed E-state index contributed by atoms with van der Waals surface area (Å²) in [6.07, 6.45) is -0.278. The zero-order valence-corrected chi connectivity index (χ0v) is 21.8. The summed E-state index contributed by atoms with van der Waals surface area (Å²) >= 11 is 0. The number of methoxy groups -OCH3 is 1. The summed E-state index contributed by atoms with van der Waals surface area (Å²) in [6, 6.07) is 12.8. The molecule has 11 heteroatoms. The first-order valence-electron chi connectivity index (χ1n) is 12.1. The third-order valence-electron chi connectivity index (χ3n) is 5.25. The monoisotopic (exact) mass is 524 g/mol. The number of hydrogen-bond donors (Lipinski definition) is 3.